The van der Waals surface area contributed by atoms with Crippen LogP contribution in [0.15, 0.2) is 24.3 Å². The molecule has 5 nitrogen and oxygen atoms in total. The predicted octanol–water partition coefficient (Wildman–Crippen LogP) is 2.30. The lowest BCUT2D eigenvalue weighted by molar-refractivity contribution is -0.927. The quantitative estimate of drug-likeness (QED) is 0.648. The number of nitrogens with one attached hydrogen (secondary N) is 2. The summed E-state index contributed by atoms with van der Waals surface area (Å²) in [5, 5.41) is 10.0. The maximum absolute atomic E-state index is 10.0. The number of aromatic nitrogens is 2. The number of piperazine rings is 1. The average Bonchev–Trinajstić information content (AvgIpc) is 3.43. The molecule has 0 amide bonds. The molecule has 1 aromatic carbocycles. The van der Waals surface area contributed by atoms with E-state index in [0.29, 0.717) is 0 Å². The Morgan fingerprint density at radius 3 is 2.57 bits per heavy atom. The van der Waals surface area contributed by atoms with Crippen molar-refractivity contribution < 1.29 is 9.30 Å². The molecule has 2 fully saturated rings. The molecule has 1 aliphatic heterocycles. The van der Waals surface area contributed by atoms with Gasteiger partial charge in [-0.1, -0.05) is 18.6 Å². The molecule has 2 aromatic heterocycles. The van der Waals surface area contributed by atoms with Gasteiger partial charge in [-0.2, -0.15) is 9.66 Å². The molecule has 0 spiro atoms. The van der Waals surface area contributed by atoms with E-state index in [0.717, 1.165) is 55.1 Å². The minimum Gasteiger partial charge on any atom is -0.327 e. The van der Waals surface area contributed by atoms with E-state index in [1.807, 2.05) is 4.90 Å². The molecule has 0 radical (unpaired) electrons. The van der Waals surface area contributed by atoms with Gasteiger partial charge in [0.15, 0.2) is 0 Å². The number of nitrogens with zero attached hydrogens (tertiary/aromatic N) is 3. The second-order valence-electron chi connectivity index (χ2n) is 9.43. The number of rotatable bonds is 2. The summed E-state index contributed by atoms with van der Waals surface area (Å²) in [5.41, 5.74) is 6.86. The van der Waals surface area contributed by atoms with Crippen LogP contribution in [0.1, 0.15) is 55.2 Å². The molecule has 3 aromatic rings. The molecule has 1 saturated heterocycles. The number of imidazole rings is 1. The Morgan fingerprint density at radius 2 is 1.77 bits per heavy atom. The third kappa shape index (κ3) is 2.74. The Bertz CT molecular complexity index is 1140. The maximum Gasteiger partial charge on any atom is 0.250 e. The lowest BCUT2D eigenvalue weighted by Crippen LogP contribution is -3.18. The Hall–Kier alpha value is -2.58. The predicted molar refractivity (Wildman–Crippen MR) is 118 cm³/mol. The van der Waals surface area contributed by atoms with Crippen LogP contribution in [0.4, 0.5) is 5.82 Å². The number of hydrogen-bond acceptors (Lipinski definition) is 2. The first-order chi connectivity index (χ1) is 14.8. The van der Waals surface area contributed by atoms with E-state index < -0.39 is 0 Å². The molecule has 0 atom stereocenters. The number of anilines is 1. The van der Waals surface area contributed by atoms with Gasteiger partial charge in [-0.25, -0.2) is 0 Å². The number of para-hydroxylation sites is 2. The number of quaternary nitrogens is 1. The zero-order valence-corrected chi connectivity index (χ0v) is 17.7. The molecule has 0 unspecified atom stereocenters. The molecule has 6 rings (SSSR count). The molecule has 5 heteroatoms. The standard InChI is InChI=1S/C25H29N5/c26-17-21-19-9-6-10-20(19)25(30-23-12-5-4-11-22(23)27-24(21)30)29-15-13-28(14-16-29)18-7-2-1-3-8-18/h4-5,11-12,18H,1-3,6-10,13-16H2/p+2. The monoisotopic (exact) mass is 401 g/mol. The lowest BCUT2D eigenvalue weighted by Gasteiger charge is -2.37. The molecule has 1 saturated carbocycles. The summed E-state index contributed by atoms with van der Waals surface area (Å²) in [4.78, 5) is 8.04. The fourth-order valence-electron chi connectivity index (χ4n) is 6.39. The third-order valence-corrected chi connectivity index (χ3v) is 7.86. The topological polar surface area (TPSA) is 51.4 Å². The van der Waals surface area contributed by atoms with Crippen LogP contribution in [0.25, 0.3) is 16.7 Å². The molecule has 2 N–H and O–H groups in total. The van der Waals surface area contributed by atoms with E-state index in [1.54, 1.807) is 0 Å². The summed E-state index contributed by atoms with van der Waals surface area (Å²) >= 11 is 0. The molecule has 30 heavy (non-hydrogen) atoms. The van der Waals surface area contributed by atoms with Crippen molar-refractivity contribution in [3.63, 3.8) is 0 Å². The molecular weight excluding hydrogens is 370 g/mol. The number of benzene rings is 1. The zero-order valence-electron chi connectivity index (χ0n) is 17.7. The van der Waals surface area contributed by atoms with Gasteiger partial charge in [-0.15, -0.1) is 0 Å². The highest BCUT2D eigenvalue weighted by atomic mass is 15.3. The largest absolute Gasteiger partial charge is 0.327 e. The van der Waals surface area contributed by atoms with Crippen LogP contribution in [-0.4, -0.2) is 37.2 Å². The van der Waals surface area contributed by atoms with Crippen molar-refractivity contribution >= 4 is 22.5 Å². The van der Waals surface area contributed by atoms with Gasteiger partial charge in [0.1, 0.15) is 48.8 Å². The van der Waals surface area contributed by atoms with Crippen LogP contribution in [0.2, 0.25) is 0 Å². The highest BCUT2D eigenvalue weighted by molar-refractivity contribution is 5.78. The van der Waals surface area contributed by atoms with Crippen molar-refractivity contribution in [2.45, 2.75) is 57.4 Å². The second-order valence-corrected chi connectivity index (χ2v) is 9.43. The van der Waals surface area contributed by atoms with Crippen molar-refractivity contribution in [3.8, 4) is 6.07 Å². The van der Waals surface area contributed by atoms with E-state index in [-0.39, 0.29) is 0 Å². The zero-order chi connectivity index (χ0) is 20.1. The Kier molecular flexibility index (Phi) is 4.42. The van der Waals surface area contributed by atoms with Crippen LogP contribution < -0.4 is 14.2 Å². The molecular formula is C25H31N5+2. The first-order valence-electron chi connectivity index (χ1n) is 11.8. The minimum absolute atomic E-state index is 0.855. The Balaban J connectivity index is 1.44. The van der Waals surface area contributed by atoms with E-state index in [4.69, 9.17) is 0 Å². The van der Waals surface area contributed by atoms with Crippen LogP contribution in [0.3, 0.4) is 0 Å². The highest BCUT2D eigenvalue weighted by Gasteiger charge is 2.36. The van der Waals surface area contributed by atoms with Gasteiger partial charge in [0.05, 0.1) is 6.04 Å². The summed E-state index contributed by atoms with van der Waals surface area (Å²) in [6, 6.07) is 11.9. The van der Waals surface area contributed by atoms with Crippen LogP contribution in [0, 0.1) is 11.3 Å². The van der Waals surface area contributed by atoms with Crippen LogP contribution in [0.5, 0.6) is 0 Å². The van der Waals surface area contributed by atoms with E-state index in [2.05, 4.69) is 44.6 Å². The number of pyridine rings is 1. The highest BCUT2D eigenvalue weighted by Crippen LogP contribution is 2.34. The van der Waals surface area contributed by atoms with Gasteiger partial charge < -0.3 is 4.90 Å². The summed E-state index contributed by atoms with van der Waals surface area (Å²) in [6.45, 7) is 4.71. The van der Waals surface area contributed by atoms with Gasteiger partial charge >= 0.3 is 0 Å². The number of H-pyrrole nitrogens is 1. The SMILES string of the molecule is N#Cc1c2c(c(N3CC[NH+](C4CCCCC4)CC3)[n+]3c1[nH]c1ccccc13)CCC2. The van der Waals surface area contributed by atoms with Crippen molar-refractivity contribution in [3.05, 3.63) is 41.0 Å². The fraction of sp³-hybridized carbons (Fsp3) is 0.520. The molecule has 3 heterocycles. The number of fused-ring (bicyclic) bond motifs is 4. The lowest BCUT2D eigenvalue weighted by atomic mass is 9.94. The minimum atomic E-state index is 0.855. The molecule has 0 bridgehead atoms. The first kappa shape index (κ1) is 18.2. The summed E-state index contributed by atoms with van der Waals surface area (Å²) < 4.78 is 2.36. The Morgan fingerprint density at radius 1 is 1.00 bits per heavy atom. The summed E-state index contributed by atoms with van der Waals surface area (Å²) in [5.74, 6) is 1.36. The van der Waals surface area contributed by atoms with Gasteiger partial charge in [0.25, 0.3) is 0 Å². The van der Waals surface area contributed by atoms with E-state index in [9.17, 15) is 5.26 Å². The first-order valence-corrected chi connectivity index (χ1v) is 11.8. The van der Waals surface area contributed by atoms with Gasteiger partial charge in [-0.3, -0.25) is 9.88 Å². The summed E-state index contributed by atoms with van der Waals surface area (Å²) in [7, 11) is 0. The van der Waals surface area contributed by atoms with E-state index in [1.165, 1.54) is 67.7 Å². The van der Waals surface area contributed by atoms with Crippen molar-refractivity contribution in [2.24, 2.45) is 0 Å². The smallest absolute Gasteiger partial charge is 0.250 e. The molecule has 2 aliphatic carbocycles. The van der Waals surface area contributed by atoms with Crippen LogP contribution >= 0.6 is 0 Å². The van der Waals surface area contributed by atoms with Gasteiger partial charge in [0, 0.05) is 5.56 Å². The van der Waals surface area contributed by atoms with Crippen molar-refractivity contribution in [1.29, 1.82) is 5.26 Å². The Labute approximate surface area is 177 Å². The maximum atomic E-state index is 10.0. The number of nitriles is 1. The van der Waals surface area contributed by atoms with Crippen molar-refractivity contribution in [2.75, 3.05) is 31.1 Å². The third-order valence-electron chi connectivity index (χ3n) is 7.86. The van der Waals surface area contributed by atoms with E-state index >= 15 is 0 Å². The number of aromatic amines is 1. The fourth-order valence-corrected chi connectivity index (χ4v) is 6.39. The van der Waals surface area contributed by atoms with Crippen LogP contribution in [-0.2, 0) is 12.8 Å². The summed E-state index contributed by atoms with van der Waals surface area (Å²) in [6.07, 6.45) is 10.4. The number of hydrogen-bond donors (Lipinski definition) is 2. The second kappa shape index (κ2) is 7.28. The van der Waals surface area contributed by atoms with Crippen molar-refractivity contribution in [1.82, 2.24) is 4.98 Å². The average molecular weight is 402 g/mol. The van der Waals surface area contributed by atoms with Gasteiger partial charge in [-0.05, 0) is 62.6 Å². The van der Waals surface area contributed by atoms with Gasteiger partial charge in [0.2, 0.25) is 11.5 Å². The molecule has 3 aliphatic rings. The molecule has 154 valence electrons. The normalized spacial score (nSPS) is 20.7.